The van der Waals surface area contributed by atoms with E-state index >= 15 is 0 Å². The van der Waals surface area contributed by atoms with E-state index in [9.17, 15) is 10.2 Å². The Bertz CT molecular complexity index is 619. The molecule has 2 aromatic carbocycles. The molecule has 0 heterocycles. The average Bonchev–Trinajstić information content (AvgIpc) is 2.62. The minimum absolute atomic E-state index is 0.115. The first-order chi connectivity index (χ1) is 10.7. The SMILES string of the molecule is OC(C1C=CC=CC1)C(O)(c1ccccc1)c1ccccc1. The third-order valence-electron chi connectivity index (χ3n) is 4.28. The lowest BCUT2D eigenvalue weighted by molar-refractivity contribution is -0.0692. The fraction of sp³-hybridized carbons (Fsp3) is 0.200. The second kappa shape index (κ2) is 6.30. The molecule has 112 valence electrons. The number of aliphatic hydroxyl groups excluding tert-OH is 1. The highest BCUT2D eigenvalue weighted by atomic mass is 16.3. The van der Waals surface area contributed by atoms with Crippen LogP contribution in [0.3, 0.4) is 0 Å². The highest BCUT2D eigenvalue weighted by molar-refractivity contribution is 5.38. The molecule has 0 radical (unpaired) electrons. The van der Waals surface area contributed by atoms with E-state index in [0.29, 0.717) is 11.1 Å². The van der Waals surface area contributed by atoms with Crippen molar-refractivity contribution in [1.29, 1.82) is 0 Å². The molecular weight excluding hydrogens is 272 g/mol. The van der Waals surface area contributed by atoms with E-state index in [0.717, 1.165) is 6.42 Å². The van der Waals surface area contributed by atoms with Gasteiger partial charge in [0, 0.05) is 5.92 Å². The van der Waals surface area contributed by atoms with Crippen molar-refractivity contribution in [2.24, 2.45) is 5.92 Å². The molecule has 2 N–H and O–H groups in total. The first-order valence-electron chi connectivity index (χ1n) is 7.58. The smallest absolute Gasteiger partial charge is 0.141 e. The molecular formula is C20H20O2. The zero-order valence-electron chi connectivity index (χ0n) is 12.3. The summed E-state index contributed by atoms with van der Waals surface area (Å²) in [4.78, 5) is 0. The summed E-state index contributed by atoms with van der Waals surface area (Å²) in [6.45, 7) is 0. The van der Waals surface area contributed by atoms with Crippen LogP contribution in [0.15, 0.2) is 85.0 Å². The van der Waals surface area contributed by atoms with E-state index in [1.807, 2.05) is 85.0 Å². The highest BCUT2D eigenvalue weighted by Gasteiger charge is 2.42. The lowest BCUT2D eigenvalue weighted by atomic mass is 9.75. The van der Waals surface area contributed by atoms with Gasteiger partial charge in [-0.3, -0.25) is 0 Å². The van der Waals surface area contributed by atoms with Crippen molar-refractivity contribution in [3.05, 3.63) is 96.1 Å². The van der Waals surface area contributed by atoms with E-state index < -0.39 is 11.7 Å². The van der Waals surface area contributed by atoms with Gasteiger partial charge in [-0.15, -0.1) is 0 Å². The molecule has 2 atom stereocenters. The maximum atomic E-state index is 11.5. The van der Waals surface area contributed by atoms with Gasteiger partial charge in [-0.25, -0.2) is 0 Å². The van der Waals surface area contributed by atoms with E-state index in [-0.39, 0.29) is 5.92 Å². The van der Waals surface area contributed by atoms with E-state index in [1.54, 1.807) is 0 Å². The van der Waals surface area contributed by atoms with Crippen LogP contribution in [0.1, 0.15) is 17.5 Å². The van der Waals surface area contributed by atoms with Gasteiger partial charge >= 0.3 is 0 Å². The summed E-state index contributed by atoms with van der Waals surface area (Å²) >= 11 is 0. The Morgan fingerprint density at radius 1 is 0.864 bits per heavy atom. The van der Waals surface area contributed by atoms with Crippen molar-refractivity contribution < 1.29 is 10.2 Å². The molecule has 0 amide bonds. The van der Waals surface area contributed by atoms with Crippen LogP contribution in [0, 0.1) is 5.92 Å². The van der Waals surface area contributed by atoms with Gasteiger partial charge in [0.15, 0.2) is 0 Å². The summed E-state index contributed by atoms with van der Waals surface area (Å²) in [7, 11) is 0. The molecule has 2 heteroatoms. The molecule has 0 aromatic heterocycles. The number of rotatable bonds is 4. The molecule has 0 spiro atoms. The fourth-order valence-corrected chi connectivity index (χ4v) is 3.04. The number of hydrogen-bond donors (Lipinski definition) is 2. The van der Waals surface area contributed by atoms with Crippen molar-refractivity contribution in [2.45, 2.75) is 18.1 Å². The third kappa shape index (κ3) is 2.63. The van der Waals surface area contributed by atoms with Crippen LogP contribution in [0.4, 0.5) is 0 Å². The summed E-state index contributed by atoms with van der Waals surface area (Å²) in [6, 6.07) is 18.8. The van der Waals surface area contributed by atoms with Gasteiger partial charge in [0.1, 0.15) is 5.60 Å². The van der Waals surface area contributed by atoms with E-state index in [4.69, 9.17) is 0 Å². The highest BCUT2D eigenvalue weighted by Crippen LogP contribution is 2.37. The monoisotopic (exact) mass is 292 g/mol. The molecule has 1 aliphatic carbocycles. The molecule has 22 heavy (non-hydrogen) atoms. The van der Waals surface area contributed by atoms with Crippen molar-refractivity contribution in [3.8, 4) is 0 Å². The Morgan fingerprint density at radius 3 is 1.86 bits per heavy atom. The summed E-state index contributed by atoms with van der Waals surface area (Å²) in [5.41, 5.74) is -0.0174. The molecule has 0 bridgehead atoms. The third-order valence-corrected chi connectivity index (χ3v) is 4.28. The van der Waals surface area contributed by atoms with Crippen LogP contribution in [-0.2, 0) is 5.60 Å². The van der Waals surface area contributed by atoms with Crippen LogP contribution in [0.5, 0.6) is 0 Å². The zero-order valence-corrected chi connectivity index (χ0v) is 12.3. The largest absolute Gasteiger partial charge is 0.389 e. The molecule has 0 fully saturated rings. The summed E-state index contributed by atoms with van der Waals surface area (Å²) < 4.78 is 0. The number of allylic oxidation sites excluding steroid dienone is 3. The van der Waals surface area contributed by atoms with Crippen molar-refractivity contribution in [3.63, 3.8) is 0 Å². The predicted molar refractivity (Wildman–Crippen MR) is 88.3 cm³/mol. The van der Waals surface area contributed by atoms with Crippen LogP contribution in [0.25, 0.3) is 0 Å². The van der Waals surface area contributed by atoms with Crippen molar-refractivity contribution >= 4 is 0 Å². The molecule has 0 aliphatic heterocycles. The van der Waals surface area contributed by atoms with Crippen LogP contribution in [0.2, 0.25) is 0 Å². The first-order valence-corrected chi connectivity index (χ1v) is 7.58. The van der Waals surface area contributed by atoms with Gasteiger partial charge < -0.3 is 10.2 Å². The van der Waals surface area contributed by atoms with Gasteiger partial charge in [-0.05, 0) is 17.5 Å². The molecule has 1 aliphatic rings. The second-order valence-electron chi connectivity index (χ2n) is 5.66. The van der Waals surface area contributed by atoms with E-state index in [2.05, 4.69) is 0 Å². The van der Waals surface area contributed by atoms with Crippen LogP contribution < -0.4 is 0 Å². The predicted octanol–water partition coefficient (Wildman–Crippen LogP) is 3.42. The Morgan fingerprint density at radius 2 is 1.41 bits per heavy atom. The normalized spacial score (nSPS) is 19.1. The Kier molecular flexibility index (Phi) is 4.23. The van der Waals surface area contributed by atoms with Crippen LogP contribution >= 0.6 is 0 Å². The Hall–Kier alpha value is -2.16. The maximum absolute atomic E-state index is 11.5. The second-order valence-corrected chi connectivity index (χ2v) is 5.66. The fourth-order valence-electron chi connectivity index (χ4n) is 3.04. The summed E-state index contributed by atoms with van der Waals surface area (Å²) in [5.74, 6) is -0.115. The number of hydrogen-bond acceptors (Lipinski definition) is 2. The maximum Gasteiger partial charge on any atom is 0.141 e. The minimum atomic E-state index is -1.43. The quantitative estimate of drug-likeness (QED) is 0.906. The minimum Gasteiger partial charge on any atom is -0.389 e. The zero-order chi connectivity index (χ0) is 15.4. The van der Waals surface area contributed by atoms with Gasteiger partial charge in [0.2, 0.25) is 0 Å². The summed E-state index contributed by atoms with van der Waals surface area (Å²) in [5, 5.41) is 22.4. The van der Waals surface area contributed by atoms with Crippen LogP contribution in [-0.4, -0.2) is 16.3 Å². The molecule has 3 rings (SSSR count). The Labute approximate surface area is 131 Å². The standard InChI is InChI=1S/C20H20O2/c21-19(16-10-4-1-5-11-16)20(22,17-12-6-2-7-13-17)18-14-8-3-9-15-18/h1-10,12-16,19,21-22H,11H2. The molecule has 0 saturated carbocycles. The van der Waals surface area contributed by atoms with Gasteiger partial charge in [0.05, 0.1) is 6.10 Å². The molecule has 0 saturated heterocycles. The number of benzene rings is 2. The average molecular weight is 292 g/mol. The number of aliphatic hydroxyl groups is 2. The summed E-state index contributed by atoms with van der Waals surface area (Å²) in [6.07, 6.45) is 7.67. The topological polar surface area (TPSA) is 40.5 Å². The van der Waals surface area contributed by atoms with Crippen molar-refractivity contribution in [1.82, 2.24) is 0 Å². The Balaban J connectivity index is 2.07. The van der Waals surface area contributed by atoms with Gasteiger partial charge in [-0.2, -0.15) is 0 Å². The molecule has 2 aromatic rings. The first kappa shape index (κ1) is 14.8. The molecule has 2 nitrogen and oxygen atoms in total. The molecule has 2 unspecified atom stereocenters. The van der Waals surface area contributed by atoms with Crippen molar-refractivity contribution in [2.75, 3.05) is 0 Å². The van der Waals surface area contributed by atoms with E-state index in [1.165, 1.54) is 0 Å². The van der Waals surface area contributed by atoms with Gasteiger partial charge in [-0.1, -0.05) is 85.0 Å². The lowest BCUT2D eigenvalue weighted by Crippen LogP contribution is -2.44. The lowest BCUT2D eigenvalue weighted by Gasteiger charge is -2.37. The van der Waals surface area contributed by atoms with Gasteiger partial charge in [0.25, 0.3) is 0 Å².